The fourth-order valence-corrected chi connectivity index (χ4v) is 2.69. The van der Waals surface area contributed by atoms with Crippen LogP contribution in [-0.2, 0) is 4.79 Å². The molecule has 0 aromatic heterocycles. The van der Waals surface area contributed by atoms with Gasteiger partial charge in [-0.3, -0.25) is 9.69 Å². The standard InChI is InChI=1S/C20H25ClN2O4/c1-23(10-5-11-27-17-7-4-6-15(21)12-17)14-20(24)22-18-13-16(25-2)8-9-19(18)26-3/h4,6-9,12-13H,5,10-11,14H2,1-3H3,(H,22,24). The van der Waals surface area contributed by atoms with E-state index in [4.69, 9.17) is 25.8 Å². The Morgan fingerprint density at radius 2 is 1.93 bits per heavy atom. The molecule has 0 saturated carbocycles. The third-order valence-electron chi connectivity index (χ3n) is 3.84. The van der Waals surface area contributed by atoms with E-state index in [1.54, 1.807) is 44.6 Å². The van der Waals surface area contributed by atoms with Crippen molar-refractivity contribution in [2.75, 3.05) is 46.3 Å². The number of carbonyl (C=O) groups is 1. The van der Waals surface area contributed by atoms with Crippen molar-refractivity contribution < 1.29 is 19.0 Å². The Bertz CT molecular complexity index is 755. The topological polar surface area (TPSA) is 60.0 Å². The van der Waals surface area contributed by atoms with Crippen molar-refractivity contribution in [2.45, 2.75) is 6.42 Å². The summed E-state index contributed by atoms with van der Waals surface area (Å²) in [7, 11) is 5.03. The molecule has 0 aliphatic heterocycles. The molecule has 27 heavy (non-hydrogen) atoms. The number of benzene rings is 2. The molecule has 1 amide bonds. The van der Waals surface area contributed by atoms with Crippen molar-refractivity contribution in [2.24, 2.45) is 0 Å². The fourth-order valence-electron chi connectivity index (χ4n) is 2.51. The molecule has 2 aromatic rings. The van der Waals surface area contributed by atoms with Gasteiger partial charge in [0, 0.05) is 17.6 Å². The number of amides is 1. The van der Waals surface area contributed by atoms with E-state index >= 15 is 0 Å². The van der Waals surface area contributed by atoms with Gasteiger partial charge in [-0.15, -0.1) is 0 Å². The summed E-state index contributed by atoms with van der Waals surface area (Å²) in [4.78, 5) is 14.2. The summed E-state index contributed by atoms with van der Waals surface area (Å²) in [6.07, 6.45) is 0.790. The monoisotopic (exact) mass is 392 g/mol. The molecule has 0 atom stereocenters. The highest BCUT2D eigenvalue weighted by atomic mass is 35.5. The molecule has 0 unspecified atom stereocenters. The lowest BCUT2D eigenvalue weighted by atomic mass is 10.2. The van der Waals surface area contributed by atoms with Gasteiger partial charge in [-0.05, 0) is 43.8 Å². The maximum Gasteiger partial charge on any atom is 0.238 e. The lowest BCUT2D eigenvalue weighted by molar-refractivity contribution is -0.117. The number of hydrogen-bond acceptors (Lipinski definition) is 5. The number of carbonyl (C=O) groups excluding carboxylic acids is 1. The molecule has 0 saturated heterocycles. The van der Waals surface area contributed by atoms with Gasteiger partial charge in [0.1, 0.15) is 17.2 Å². The molecule has 0 spiro atoms. The maximum absolute atomic E-state index is 12.3. The van der Waals surface area contributed by atoms with Crippen LogP contribution in [0.5, 0.6) is 17.2 Å². The van der Waals surface area contributed by atoms with Gasteiger partial charge in [-0.2, -0.15) is 0 Å². The summed E-state index contributed by atoms with van der Waals surface area (Å²) in [5, 5.41) is 3.51. The molecule has 146 valence electrons. The van der Waals surface area contributed by atoms with Gasteiger partial charge in [0.05, 0.1) is 33.1 Å². The van der Waals surface area contributed by atoms with E-state index in [1.165, 1.54) is 0 Å². The molecular formula is C20H25ClN2O4. The van der Waals surface area contributed by atoms with E-state index in [9.17, 15) is 4.79 Å². The number of hydrogen-bond donors (Lipinski definition) is 1. The molecule has 0 aliphatic rings. The number of nitrogens with zero attached hydrogens (tertiary/aromatic N) is 1. The van der Waals surface area contributed by atoms with E-state index in [0.717, 1.165) is 18.7 Å². The molecule has 0 radical (unpaired) electrons. The lowest BCUT2D eigenvalue weighted by Gasteiger charge is -2.17. The first-order chi connectivity index (χ1) is 13.0. The number of methoxy groups -OCH3 is 2. The third kappa shape index (κ3) is 7.00. The predicted octanol–water partition coefficient (Wildman–Crippen LogP) is 3.70. The molecule has 0 fully saturated rings. The van der Waals surface area contributed by atoms with Crippen LogP contribution in [0.15, 0.2) is 42.5 Å². The summed E-state index contributed by atoms with van der Waals surface area (Å²) in [6.45, 7) is 1.54. The van der Waals surface area contributed by atoms with E-state index in [1.807, 2.05) is 24.1 Å². The highest BCUT2D eigenvalue weighted by Crippen LogP contribution is 2.28. The molecule has 0 aliphatic carbocycles. The van der Waals surface area contributed by atoms with Crippen LogP contribution in [0, 0.1) is 0 Å². The first-order valence-electron chi connectivity index (χ1n) is 8.60. The summed E-state index contributed by atoms with van der Waals surface area (Å²) >= 11 is 5.92. The van der Waals surface area contributed by atoms with E-state index in [0.29, 0.717) is 28.8 Å². The van der Waals surface area contributed by atoms with Gasteiger partial charge >= 0.3 is 0 Å². The summed E-state index contributed by atoms with van der Waals surface area (Å²) < 4.78 is 16.1. The quantitative estimate of drug-likeness (QED) is 0.625. The van der Waals surface area contributed by atoms with E-state index < -0.39 is 0 Å². The summed E-state index contributed by atoms with van der Waals surface area (Å²) in [5.74, 6) is 1.85. The minimum Gasteiger partial charge on any atom is -0.497 e. The highest BCUT2D eigenvalue weighted by molar-refractivity contribution is 6.30. The van der Waals surface area contributed by atoms with Gasteiger partial charge in [-0.25, -0.2) is 0 Å². The average Bonchev–Trinajstić information content (AvgIpc) is 2.65. The Kier molecular flexibility index (Phi) is 8.23. The normalized spacial score (nSPS) is 10.6. The summed E-state index contributed by atoms with van der Waals surface area (Å²) in [6, 6.07) is 12.6. The Morgan fingerprint density at radius 3 is 2.63 bits per heavy atom. The zero-order chi connectivity index (χ0) is 19.6. The molecular weight excluding hydrogens is 368 g/mol. The van der Waals surface area contributed by atoms with Crippen LogP contribution in [0.4, 0.5) is 5.69 Å². The fraction of sp³-hybridized carbons (Fsp3) is 0.350. The van der Waals surface area contributed by atoms with Crippen molar-refractivity contribution in [1.82, 2.24) is 4.90 Å². The van der Waals surface area contributed by atoms with Gasteiger partial charge in [0.15, 0.2) is 0 Å². The first kappa shape index (κ1) is 20.9. The van der Waals surface area contributed by atoms with Crippen LogP contribution >= 0.6 is 11.6 Å². The van der Waals surface area contributed by atoms with Gasteiger partial charge in [0.2, 0.25) is 5.91 Å². The molecule has 7 heteroatoms. The van der Waals surface area contributed by atoms with Crippen molar-refractivity contribution in [1.29, 1.82) is 0 Å². The highest BCUT2D eigenvalue weighted by Gasteiger charge is 2.11. The largest absolute Gasteiger partial charge is 0.497 e. The molecule has 0 bridgehead atoms. The Morgan fingerprint density at radius 1 is 1.11 bits per heavy atom. The van der Waals surface area contributed by atoms with Gasteiger partial charge in [-0.1, -0.05) is 17.7 Å². The smallest absolute Gasteiger partial charge is 0.238 e. The molecule has 2 rings (SSSR count). The minimum atomic E-state index is -0.125. The van der Waals surface area contributed by atoms with Crippen LogP contribution in [0.25, 0.3) is 0 Å². The zero-order valence-corrected chi connectivity index (χ0v) is 16.6. The molecule has 0 heterocycles. The molecule has 2 aromatic carbocycles. The SMILES string of the molecule is COc1ccc(OC)c(NC(=O)CN(C)CCCOc2cccc(Cl)c2)c1. The number of nitrogens with one attached hydrogen (secondary N) is 1. The van der Waals surface area contributed by atoms with Crippen LogP contribution in [0.3, 0.4) is 0 Å². The lowest BCUT2D eigenvalue weighted by Crippen LogP contribution is -2.31. The van der Waals surface area contributed by atoms with E-state index in [2.05, 4.69) is 5.32 Å². The van der Waals surface area contributed by atoms with Gasteiger partial charge in [0.25, 0.3) is 0 Å². The number of likely N-dealkylation sites (N-methyl/N-ethyl adjacent to an activating group) is 1. The van der Waals surface area contributed by atoms with Crippen LogP contribution < -0.4 is 19.5 Å². The van der Waals surface area contributed by atoms with Gasteiger partial charge < -0.3 is 19.5 Å². The maximum atomic E-state index is 12.3. The average molecular weight is 393 g/mol. The second-order valence-corrected chi connectivity index (χ2v) is 6.45. The third-order valence-corrected chi connectivity index (χ3v) is 4.08. The van der Waals surface area contributed by atoms with Crippen LogP contribution in [-0.4, -0.2) is 51.8 Å². The van der Waals surface area contributed by atoms with Crippen molar-refractivity contribution >= 4 is 23.2 Å². The zero-order valence-electron chi connectivity index (χ0n) is 15.8. The van der Waals surface area contributed by atoms with Crippen molar-refractivity contribution in [3.8, 4) is 17.2 Å². The minimum absolute atomic E-state index is 0.125. The molecule has 1 N–H and O–H groups in total. The van der Waals surface area contributed by atoms with Crippen molar-refractivity contribution in [3.63, 3.8) is 0 Å². The second-order valence-electron chi connectivity index (χ2n) is 6.01. The number of rotatable bonds is 10. The number of halogens is 1. The van der Waals surface area contributed by atoms with E-state index in [-0.39, 0.29) is 12.5 Å². The number of ether oxygens (including phenoxy) is 3. The Labute approximate surface area is 165 Å². The summed E-state index contributed by atoms with van der Waals surface area (Å²) in [5.41, 5.74) is 0.583. The predicted molar refractivity (Wildman–Crippen MR) is 107 cm³/mol. The van der Waals surface area contributed by atoms with Crippen LogP contribution in [0.2, 0.25) is 5.02 Å². The van der Waals surface area contributed by atoms with Crippen molar-refractivity contribution in [3.05, 3.63) is 47.5 Å². The Balaban J connectivity index is 1.75. The first-order valence-corrected chi connectivity index (χ1v) is 8.98. The molecule has 6 nitrogen and oxygen atoms in total. The second kappa shape index (κ2) is 10.6. The number of anilines is 1. The van der Waals surface area contributed by atoms with Crippen LogP contribution in [0.1, 0.15) is 6.42 Å². The Hall–Kier alpha value is -2.44.